The molecule has 0 aromatic rings. The summed E-state index contributed by atoms with van der Waals surface area (Å²) in [5.41, 5.74) is 0.284. The van der Waals surface area contributed by atoms with Crippen LogP contribution in [0.3, 0.4) is 0 Å². The molecular weight excluding hydrogens is 212 g/mol. The van der Waals surface area contributed by atoms with Crippen molar-refractivity contribution < 1.29 is 9.53 Å². The van der Waals surface area contributed by atoms with E-state index < -0.39 is 0 Å². The largest absolute Gasteiger partial charge is 0.379 e. The van der Waals surface area contributed by atoms with Crippen LogP contribution in [-0.2, 0) is 9.53 Å². The molecule has 0 heterocycles. The third-order valence-corrected chi connectivity index (χ3v) is 4.32. The highest BCUT2D eigenvalue weighted by Crippen LogP contribution is 2.38. The molecule has 0 bridgehead atoms. The summed E-state index contributed by atoms with van der Waals surface area (Å²) in [6, 6.07) is 0. The predicted octanol–water partition coefficient (Wildman–Crippen LogP) is 3.98. The Labute approximate surface area is 106 Å². The molecule has 100 valence electrons. The number of hydrogen-bond acceptors (Lipinski definition) is 2. The van der Waals surface area contributed by atoms with Crippen molar-refractivity contribution in [1.82, 2.24) is 0 Å². The van der Waals surface area contributed by atoms with Gasteiger partial charge >= 0.3 is 0 Å². The minimum atomic E-state index is -0.163. The van der Waals surface area contributed by atoms with Gasteiger partial charge in [0.2, 0.25) is 0 Å². The molecule has 0 amide bonds. The van der Waals surface area contributed by atoms with Crippen LogP contribution in [0, 0.1) is 11.3 Å². The molecule has 1 aliphatic carbocycles. The number of carbonyl (C=O) groups excluding carboxylic acids is 1. The average molecular weight is 240 g/mol. The predicted molar refractivity (Wildman–Crippen MR) is 71.1 cm³/mol. The van der Waals surface area contributed by atoms with Gasteiger partial charge in [-0.15, -0.1) is 0 Å². The molecule has 0 N–H and O–H groups in total. The molecule has 1 saturated carbocycles. The first kappa shape index (κ1) is 14.7. The molecule has 0 atom stereocenters. The molecule has 1 aliphatic rings. The lowest BCUT2D eigenvalue weighted by atomic mass is 9.71. The van der Waals surface area contributed by atoms with Crippen LogP contribution in [0.5, 0.6) is 0 Å². The van der Waals surface area contributed by atoms with Gasteiger partial charge in [0.15, 0.2) is 0 Å². The minimum Gasteiger partial charge on any atom is -0.379 e. The van der Waals surface area contributed by atoms with Crippen LogP contribution in [-0.4, -0.2) is 18.5 Å². The van der Waals surface area contributed by atoms with Crippen LogP contribution in [0.15, 0.2) is 0 Å². The third kappa shape index (κ3) is 4.79. The second kappa shape index (κ2) is 5.51. The Hall–Kier alpha value is -0.370. The Morgan fingerprint density at radius 3 is 2.29 bits per heavy atom. The number of ether oxygens (including phenoxy) is 1. The fraction of sp³-hybridized carbons (Fsp3) is 0.933. The van der Waals surface area contributed by atoms with E-state index in [1.165, 1.54) is 12.8 Å². The number of ketones is 1. The molecule has 2 heteroatoms. The monoisotopic (exact) mass is 240 g/mol. The summed E-state index contributed by atoms with van der Waals surface area (Å²) < 4.78 is 5.36. The zero-order valence-corrected chi connectivity index (χ0v) is 12.1. The molecule has 0 spiro atoms. The van der Waals surface area contributed by atoms with Crippen LogP contribution in [0.2, 0.25) is 0 Å². The summed E-state index contributed by atoms with van der Waals surface area (Å²) in [4.78, 5) is 12.1. The fourth-order valence-corrected chi connectivity index (χ4v) is 2.45. The number of rotatable bonds is 5. The molecule has 0 aromatic carbocycles. The molecule has 0 radical (unpaired) electrons. The van der Waals surface area contributed by atoms with E-state index in [0.29, 0.717) is 23.5 Å². The second-order valence-corrected chi connectivity index (χ2v) is 6.87. The molecular formula is C15H28O2. The van der Waals surface area contributed by atoms with Crippen LogP contribution < -0.4 is 0 Å². The van der Waals surface area contributed by atoms with Crippen molar-refractivity contribution in [3.8, 4) is 0 Å². The van der Waals surface area contributed by atoms with Crippen LogP contribution in [0.25, 0.3) is 0 Å². The van der Waals surface area contributed by atoms with E-state index in [1.807, 2.05) is 13.8 Å². The van der Waals surface area contributed by atoms with E-state index in [1.54, 1.807) is 7.11 Å². The number of Topliss-reactive ketones (excluding diaryl/α,β-unsaturated/α-hetero) is 1. The van der Waals surface area contributed by atoms with E-state index in [4.69, 9.17) is 4.74 Å². The summed E-state index contributed by atoms with van der Waals surface area (Å²) >= 11 is 0. The smallest absolute Gasteiger partial charge is 0.136 e. The first-order chi connectivity index (χ1) is 7.76. The summed E-state index contributed by atoms with van der Waals surface area (Å²) in [5, 5.41) is 0. The lowest BCUT2D eigenvalue weighted by molar-refractivity contribution is -0.125. The van der Waals surface area contributed by atoms with Crippen molar-refractivity contribution in [3.05, 3.63) is 0 Å². The lowest BCUT2D eigenvalue weighted by Gasteiger charge is -2.34. The zero-order chi connectivity index (χ0) is 13.1. The Kier molecular flexibility index (Phi) is 4.77. The van der Waals surface area contributed by atoms with Gasteiger partial charge in [-0.05, 0) is 51.4 Å². The maximum atomic E-state index is 12.1. The number of carbonyl (C=O) groups is 1. The minimum absolute atomic E-state index is 0.163. The van der Waals surface area contributed by atoms with Gasteiger partial charge in [0.1, 0.15) is 5.78 Å². The van der Waals surface area contributed by atoms with Gasteiger partial charge in [-0.3, -0.25) is 4.79 Å². The maximum Gasteiger partial charge on any atom is 0.136 e. The van der Waals surface area contributed by atoms with Gasteiger partial charge in [0, 0.05) is 19.4 Å². The maximum absolute atomic E-state index is 12.1. The first-order valence-electron chi connectivity index (χ1n) is 6.84. The molecule has 1 fully saturated rings. The summed E-state index contributed by atoms with van der Waals surface area (Å²) in [6.07, 6.45) is 6.06. The highest BCUT2D eigenvalue weighted by atomic mass is 16.5. The lowest BCUT2D eigenvalue weighted by Crippen LogP contribution is -2.29. The van der Waals surface area contributed by atoms with E-state index in [0.717, 1.165) is 19.3 Å². The van der Waals surface area contributed by atoms with Gasteiger partial charge in [-0.1, -0.05) is 13.8 Å². The summed E-state index contributed by atoms with van der Waals surface area (Å²) in [5.74, 6) is 0.765. The average Bonchev–Trinajstić information content (AvgIpc) is 2.26. The molecule has 1 rings (SSSR count). The molecule has 2 nitrogen and oxygen atoms in total. The molecule has 0 unspecified atom stereocenters. The van der Waals surface area contributed by atoms with Gasteiger partial charge in [0.05, 0.1) is 5.60 Å². The van der Waals surface area contributed by atoms with Crippen LogP contribution >= 0.6 is 0 Å². The van der Waals surface area contributed by atoms with Gasteiger partial charge < -0.3 is 4.74 Å². The van der Waals surface area contributed by atoms with E-state index in [9.17, 15) is 4.79 Å². The highest BCUT2D eigenvalue weighted by molar-refractivity contribution is 5.81. The summed E-state index contributed by atoms with van der Waals surface area (Å²) in [7, 11) is 1.72. The fourth-order valence-electron chi connectivity index (χ4n) is 2.45. The van der Waals surface area contributed by atoms with Crippen molar-refractivity contribution in [3.63, 3.8) is 0 Å². The molecule has 0 saturated heterocycles. The zero-order valence-electron chi connectivity index (χ0n) is 12.1. The van der Waals surface area contributed by atoms with Crippen molar-refractivity contribution in [2.24, 2.45) is 11.3 Å². The molecule has 17 heavy (non-hydrogen) atoms. The van der Waals surface area contributed by atoms with Gasteiger partial charge in [0.25, 0.3) is 0 Å². The topological polar surface area (TPSA) is 26.3 Å². The first-order valence-corrected chi connectivity index (χ1v) is 6.84. The third-order valence-electron chi connectivity index (χ3n) is 4.32. The Morgan fingerprint density at radius 1 is 1.29 bits per heavy atom. The van der Waals surface area contributed by atoms with Crippen LogP contribution in [0.1, 0.15) is 66.2 Å². The SMILES string of the molecule is COC(C)(C)CCC(=O)C1CCC(C)(C)CC1. The highest BCUT2D eigenvalue weighted by Gasteiger charge is 2.31. The summed E-state index contributed by atoms with van der Waals surface area (Å²) in [6.45, 7) is 8.71. The Morgan fingerprint density at radius 2 is 1.82 bits per heavy atom. The van der Waals surface area contributed by atoms with Crippen molar-refractivity contribution in [2.45, 2.75) is 71.8 Å². The normalized spacial score (nSPS) is 21.5. The Bertz CT molecular complexity index is 256. The molecule has 0 aliphatic heterocycles. The standard InChI is InChI=1S/C15H28O2/c1-14(2)9-6-12(7-10-14)13(16)8-11-15(3,4)17-5/h12H,6-11H2,1-5H3. The van der Waals surface area contributed by atoms with Crippen molar-refractivity contribution in [1.29, 1.82) is 0 Å². The van der Waals surface area contributed by atoms with E-state index in [-0.39, 0.29) is 5.60 Å². The quantitative estimate of drug-likeness (QED) is 0.726. The van der Waals surface area contributed by atoms with Crippen molar-refractivity contribution in [2.75, 3.05) is 7.11 Å². The number of methoxy groups -OCH3 is 1. The van der Waals surface area contributed by atoms with Gasteiger partial charge in [-0.25, -0.2) is 0 Å². The van der Waals surface area contributed by atoms with Gasteiger partial charge in [-0.2, -0.15) is 0 Å². The van der Waals surface area contributed by atoms with Crippen LogP contribution in [0.4, 0.5) is 0 Å². The van der Waals surface area contributed by atoms with Crippen molar-refractivity contribution >= 4 is 5.78 Å². The van der Waals surface area contributed by atoms with E-state index >= 15 is 0 Å². The number of hydrogen-bond donors (Lipinski definition) is 0. The Balaban J connectivity index is 2.35. The second-order valence-electron chi connectivity index (χ2n) is 6.87. The molecule has 0 aromatic heterocycles. The van der Waals surface area contributed by atoms with E-state index in [2.05, 4.69) is 13.8 Å².